The van der Waals surface area contributed by atoms with Crippen molar-refractivity contribution in [2.75, 3.05) is 26.1 Å². The minimum Gasteiger partial charge on any atom is -0.493 e. The van der Waals surface area contributed by atoms with E-state index in [9.17, 15) is 14.0 Å². The number of piperidine rings is 1. The molecule has 0 spiro atoms. The Balaban J connectivity index is 1.62. The van der Waals surface area contributed by atoms with E-state index in [0.29, 0.717) is 34.6 Å². The summed E-state index contributed by atoms with van der Waals surface area (Å²) in [6.07, 6.45) is 0.904. The van der Waals surface area contributed by atoms with Crippen LogP contribution in [0.25, 0.3) is 10.9 Å². The maximum atomic E-state index is 14.5. The van der Waals surface area contributed by atoms with Gasteiger partial charge in [-0.15, -0.1) is 0 Å². The third kappa shape index (κ3) is 6.42. The Morgan fingerprint density at radius 2 is 1.92 bits per heavy atom. The molecule has 1 aromatic heterocycles. The van der Waals surface area contributed by atoms with Crippen LogP contribution < -0.4 is 14.8 Å². The van der Waals surface area contributed by atoms with E-state index < -0.39 is 35.6 Å². The summed E-state index contributed by atoms with van der Waals surface area (Å²) in [6.45, 7) is 5.49. The zero-order valence-corrected chi connectivity index (χ0v) is 23.0. The predicted molar refractivity (Wildman–Crippen MR) is 143 cm³/mol. The Bertz CT molecular complexity index is 1380. The van der Waals surface area contributed by atoms with Gasteiger partial charge in [0, 0.05) is 30.8 Å². The van der Waals surface area contributed by atoms with E-state index in [2.05, 4.69) is 15.3 Å². The molecule has 1 fully saturated rings. The summed E-state index contributed by atoms with van der Waals surface area (Å²) in [6, 6.07) is 7.09. The summed E-state index contributed by atoms with van der Waals surface area (Å²) in [4.78, 5) is 35.3. The number of carbonyl (C=O) groups excluding carboxylic acids is 2. The number of methoxy groups -OCH3 is 2. The number of amides is 1. The maximum absolute atomic E-state index is 14.5. The fourth-order valence-corrected chi connectivity index (χ4v) is 4.44. The molecule has 0 bridgehead atoms. The standard InChI is InChI=1S/C27H30ClFN4O6/c1-27(2,3)39-26(35)33-10-9-15(11-20(33)25(34)37-5)38-22-12-16-19(13-21(22)36-4)30-14-31-24(16)32-18-8-6-7-17(28)23(18)29/h6-8,12-15,20H,9-11H2,1-5H3,(H,30,31,32)/t15-,20-/m1/s1. The molecule has 0 unspecified atom stereocenters. The van der Waals surface area contributed by atoms with Crippen molar-refractivity contribution in [2.45, 2.75) is 51.4 Å². The van der Waals surface area contributed by atoms with Crippen LogP contribution in [0.15, 0.2) is 36.7 Å². The second-order valence-corrected chi connectivity index (χ2v) is 10.4. The lowest BCUT2D eigenvalue weighted by atomic mass is 9.99. The van der Waals surface area contributed by atoms with Gasteiger partial charge in [-0.1, -0.05) is 17.7 Å². The summed E-state index contributed by atoms with van der Waals surface area (Å²) in [5.41, 5.74) is -0.0340. The van der Waals surface area contributed by atoms with Crippen LogP contribution in [-0.4, -0.2) is 65.4 Å². The normalized spacial score (nSPS) is 17.5. The Morgan fingerprint density at radius 3 is 2.62 bits per heavy atom. The van der Waals surface area contributed by atoms with Gasteiger partial charge in [0.2, 0.25) is 0 Å². The van der Waals surface area contributed by atoms with Crippen LogP contribution in [0.1, 0.15) is 33.6 Å². The van der Waals surface area contributed by atoms with Crippen LogP contribution in [0.3, 0.4) is 0 Å². The zero-order valence-electron chi connectivity index (χ0n) is 22.3. The van der Waals surface area contributed by atoms with Crippen molar-refractivity contribution in [3.63, 3.8) is 0 Å². The molecule has 1 saturated heterocycles. The van der Waals surface area contributed by atoms with Gasteiger partial charge in [-0.25, -0.2) is 23.9 Å². The molecule has 1 amide bonds. The number of fused-ring (bicyclic) bond motifs is 1. The van der Waals surface area contributed by atoms with Crippen molar-refractivity contribution >= 4 is 46.1 Å². The quantitative estimate of drug-likeness (QED) is 0.391. The minimum atomic E-state index is -0.888. The van der Waals surface area contributed by atoms with E-state index in [1.165, 1.54) is 31.5 Å². The first kappa shape index (κ1) is 28.2. The van der Waals surface area contributed by atoms with E-state index in [4.69, 9.17) is 30.5 Å². The molecule has 2 aromatic carbocycles. The van der Waals surface area contributed by atoms with Crippen molar-refractivity contribution < 1.29 is 32.9 Å². The lowest BCUT2D eigenvalue weighted by Gasteiger charge is -2.38. The molecule has 4 rings (SSSR count). The molecule has 39 heavy (non-hydrogen) atoms. The lowest BCUT2D eigenvalue weighted by Crippen LogP contribution is -2.53. The van der Waals surface area contributed by atoms with E-state index in [1.54, 1.807) is 45.0 Å². The van der Waals surface area contributed by atoms with Gasteiger partial charge >= 0.3 is 12.1 Å². The molecule has 2 atom stereocenters. The first-order valence-electron chi connectivity index (χ1n) is 12.3. The van der Waals surface area contributed by atoms with Gasteiger partial charge in [0.25, 0.3) is 0 Å². The first-order chi connectivity index (χ1) is 18.5. The van der Waals surface area contributed by atoms with E-state index in [0.717, 1.165) is 0 Å². The molecule has 2 heterocycles. The second kappa shape index (κ2) is 11.5. The number of nitrogens with zero attached hydrogens (tertiary/aromatic N) is 3. The van der Waals surface area contributed by atoms with Crippen molar-refractivity contribution in [3.05, 3.63) is 47.5 Å². The Kier molecular flexibility index (Phi) is 8.29. The highest BCUT2D eigenvalue weighted by Gasteiger charge is 2.40. The number of rotatable bonds is 6. The van der Waals surface area contributed by atoms with Gasteiger partial charge in [-0.2, -0.15) is 0 Å². The van der Waals surface area contributed by atoms with Crippen LogP contribution in [0.4, 0.5) is 20.7 Å². The Hall–Kier alpha value is -3.86. The highest BCUT2D eigenvalue weighted by atomic mass is 35.5. The number of esters is 1. The monoisotopic (exact) mass is 560 g/mol. The summed E-state index contributed by atoms with van der Waals surface area (Å²) >= 11 is 5.93. The summed E-state index contributed by atoms with van der Waals surface area (Å²) < 4.78 is 36.8. The number of aromatic nitrogens is 2. The molecule has 0 saturated carbocycles. The number of hydrogen-bond acceptors (Lipinski definition) is 9. The topological polar surface area (TPSA) is 112 Å². The van der Waals surface area contributed by atoms with E-state index in [1.807, 2.05) is 0 Å². The Morgan fingerprint density at radius 1 is 1.15 bits per heavy atom. The number of ether oxygens (including phenoxy) is 4. The number of carbonyl (C=O) groups is 2. The largest absolute Gasteiger partial charge is 0.493 e. The van der Waals surface area contributed by atoms with Crippen LogP contribution >= 0.6 is 11.6 Å². The van der Waals surface area contributed by atoms with Crippen LogP contribution in [0.5, 0.6) is 11.5 Å². The third-order valence-corrected chi connectivity index (χ3v) is 6.37. The fourth-order valence-electron chi connectivity index (χ4n) is 4.26. The highest BCUT2D eigenvalue weighted by Crippen LogP contribution is 2.37. The summed E-state index contributed by atoms with van der Waals surface area (Å²) in [5, 5.41) is 3.48. The smallest absolute Gasteiger partial charge is 0.411 e. The van der Waals surface area contributed by atoms with E-state index in [-0.39, 0.29) is 23.7 Å². The summed E-state index contributed by atoms with van der Waals surface area (Å²) in [7, 11) is 2.77. The number of halogens is 2. The van der Waals surface area contributed by atoms with Crippen molar-refractivity contribution in [1.29, 1.82) is 0 Å². The third-order valence-electron chi connectivity index (χ3n) is 6.07. The van der Waals surface area contributed by atoms with Crippen molar-refractivity contribution in [1.82, 2.24) is 14.9 Å². The lowest BCUT2D eigenvalue weighted by molar-refractivity contribution is -0.149. The van der Waals surface area contributed by atoms with Crippen LogP contribution in [0, 0.1) is 5.82 Å². The number of benzene rings is 2. The predicted octanol–water partition coefficient (Wildman–Crippen LogP) is 5.49. The molecule has 10 nitrogen and oxygen atoms in total. The van der Waals surface area contributed by atoms with Crippen molar-refractivity contribution in [3.8, 4) is 11.5 Å². The second-order valence-electron chi connectivity index (χ2n) is 9.95. The molecule has 0 radical (unpaired) electrons. The average Bonchev–Trinajstić information content (AvgIpc) is 2.89. The number of nitrogens with one attached hydrogen (secondary N) is 1. The van der Waals surface area contributed by atoms with Crippen LogP contribution in [-0.2, 0) is 14.3 Å². The van der Waals surface area contributed by atoms with Gasteiger partial charge in [-0.3, -0.25) is 4.90 Å². The van der Waals surface area contributed by atoms with Gasteiger partial charge in [0.15, 0.2) is 17.3 Å². The number of hydrogen-bond donors (Lipinski definition) is 1. The molecule has 3 aromatic rings. The Labute approximate surface area is 230 Å². The van der Waals surface area contributed by atoms with Crippen LogP contribution in [0.2, 0.25) is 5.02 Å². The van der Waals surface area contributed by atoms with Gasteiger partial charge in [0.05, 0.1) is 30.4 Å². The van der Waals surface area contributed by atoms with E-state index >= 15 is 0 Å². The van der Waals surface area contributed by atoms with Gasteiger partial charge in [-0.05, 0) is 39.0 Å². The molecule has 1 aliphatic rings. The molecular formula is C27H30ClFN4O6. The average molecular weight is 561 g/mol. The van der Waals surface area contributed by atoms with Crippen molar-refractivity contribution in [2.24, 2.45) is 0 Å². The number of anilines is 2. The fraction of sp³-hybridized carbons (Fsp3) is 0.407. The molecule has 12 heteroatoms. The zero-order chi connectivity index (χ0) is 28.3. The highest BCUT2D eigenvalue weighted by molar-refractivity contribution is 6.31. The van der Waals surface area contributed by atoms with Gasteiger partial charge < -0.3 is 24.3 Å². The number of likely N-dealkylation sites (tertiary alicyclic amines) is 1. The maximum Gasteiger partial charge on any atom is 0.411 e. The van der Waals surface area contributed by atoms with Gasteiger partial charge in [0.1, 0.15) is 29.9 Å². The molecule has 208 valence electrons. The SMILES string of the molecule is COC(=O)[C@H]1C[C@H](Oc2cc3c(Nc4cccc(Cl)c4F)ncnc3cc2OC)CCN1C(=O)OC(C)(C)C. The molecule has 1 N–H and O–H groups in total. The first-order valence-corrected chi connectivity index (χ1v) is 12.7. The molecular weight excluding hydrogens is 531 g/mol. The molecule has 0 aliphatic carbocycles. The minimum absolute atomic E-state index is 0.0260. The molecule has 1 aliphatic heterocycles. The summed E-state index contributed by atoms with van der Waals surface area (Å²) in [5.74, 6) is -0.0653.